The van der Waals surface area contributed by atoms with Crippen LogP contribution in [0.25, 0.3) is 0 Å². The molecular formula is C19H30F3IN4O. The van der Waals surface area contributed by atoms with Gasteiger partial charge in [0.15, 0.2) is 5.96 Å². The average molecular weight is 514 g/mol. The van der Waals surface area contributed by atoms with E-state index in [-0.39, 0.29) is 30.6 Å². The summed E-state index contributed by atoms with van der Waals surface area (Å²) in [5.41, 5.74) is 1.73. The van der Waals surface area contributed by atoms with E-state index in [9.17, 15) is 13.2 Å². The van der Waals surface area contributed by atoms with Crippen molar-refractivity contribution in [3.8, 4) is 0 Å². The third-order valence-electron chi connectivity index (χ3n) is 4.40. The Bertz CT molecular complexity index is 592. The highest BCUT2D eigenvalue weighted by Gasteiger charge is 2.27. The quantitative estimate of drug-likeness (QED) is 0.285. The maximum absolute atomic E-state index is 12.1. The predicted octanol–water partition coefficient (Wildman–Crippen LogP) is 3.53. The molecule has 160 valence electrons. The smallest absolute Gasteiger partial charge is 0.367 e. The van der Waals surface area contributed by atoms with Crippen LogP contribution in [0.5, 0.6) is 0 Å². The lowest BCUT2D eigenvalue weighted by Gasteiger charge is -2.20. The van der Waals surface area contributed by atoms with Crippen LogP contribution in [-0.2, 0) is 17.9 Å². The van der Waals surface area contributed by atoms with Crippen LogP contribution in [0, 0.1) is 0 Å². The molecule has 1 aliphatic carbocycles. The number of hydrogen-bond acceptors (Lipinski definition) is 3. The Balaban J connectivity index is 0.00000392. The second-order valence-electron chi connectivity index (χ2n) is 6.64. The lowest BCUT2D eigenvalue weighted by Crippen LogP contribution is -2.41. The number of likely N-dealkylation sites (N-methyl/N-ethyl adjacent to an activating group) is 1. The van der Waals surface area contributed by atoms with E-state index in [1.54, 1.807) is 19.2 Å². The molecule has 9 heteroatoms. The largest absolute Gasteiger partial charge is 0.411 e. The first-order valence-electron chi connectivity index (χ1n) is 9.32. The first kappa shape index (κ1) is 25.0. The van der Waals surface area contributed by atoms with E-state index >= 15 is 0 Å². The third kappa shape index (κ3) is 9.92. The highest BCUT2D eigenvalue weighted by Crippen LogP contribution is 2.25. The first-order chi connectivity index (χ1) is 12.9. The van der Waals surface area contributed by atoms with Crippen LogP contribution in [0.15, 0.2) is 29.3 Å². The summed E-state index contributed by atoms with van der Waals surface area (Å²) in [6, 6.07) is 8.05. The molecule has 0 aromatic heterocycles. The lowest BCUT2D eigenvalue weighted by molar-refractivity contribution is -0.176. The van der Waals surface area contributed by atoms with Crippen molar-refractivity contribution in [2.45, 2.75) is 45.1 Å². The van der Waals surface area contributed by atoms with Gasteiger partial charge >= 0.3 is 6.18 Å². The van der Waals surface area contributed by atoms with Gasteiger partial charge in [-0.15, -0.1) is 24.0 Å². The van der Waals surface area contributed by atoms with E-state index in [4.69, 9.17) is 0 Å². The number of aliphatic imine (C=N–C) groups is 1. The summed E-state index contributed by atoms with van der Waals surface area (Å²) in [6.07, 6.45) is -1.68. The van der Waals surface area contributed by atoms with Gasteiger partial charge in [0.25, 0.3) is 0 Å². The lowest BCUT2D eigenvalue weighted by atomic mass is 10.1. The fraction of sp³-hybridized carbons (Fsp3) is 0.632. The van der Waals surface area contributed by atoms with Crippen LogP contribution in [0.4, 0.5) is 13.2 Å². The van der Waals surface area contributed by atoms with Crippen LogP contribution < -0.4 is 10.6 Å². The summed E-state index contributed by atoms with van der Waals surface area (Å²) in [5, 5.41) is 6.56. The fourth-order valence-corrected chi connectivity index (χ4v) is 2.80. The summed E-state index contributed by atoms with van der Waals surface area (Å²) in [7, 11) is 1.73. The molecule has 1 aliphatic rings. The van der Waals surface area contributed by atoms with Gasteiger partial charge in [-0.25, -0.2) is 0 Å². The van der Waals surface area contributed by atoms with Crippen molar-refractivity contribution in [1.29, 1.82) is 0 Å². The van der Waals surface area contributed by atoms with E-state index in [1.165, 1.54) is 12.8 Å². The normalized spacial score (nSPS) is 14.7. The second-order valence-corrected chi connectivity index (χ2v) is 6.64. The molecule has 1 saturated carbocycles. The zero-order valence-electron chi connectivity index (χ0n) is 16.4. The van der Waals surface area contributed by atoms with Crippen LogP contribution in [-0.4, -0.2) is 56.4 Å². The Morgan fingerprint density at radius 3 is 2.36 bits per heavy atom. The Kier molecular flexibility index (Phi) is 11.1. The van der Waals surface area contributed by atoms with Gasteiger partial charge < -0.3 is 15.4 Å². The van der Waals surface area contributed by atoms with E-state index in [1.807, 2.05) is 12.1 Å². The third-order valence-corrected chi connectivity index (χ3v) is 4.40. The zero-order valence-corrected chi connectivity index (χ0v) is 18.7. The second kappa shape index (κ2) is 12.5. The van der Waals surface area contributed by atoms with Gasteiger partial charge in [-0.1, -0.05) is 31.2 Å². The Labute approximate surface area is 182 Å². The molecule has 0 atom stereocenters. The number of guanidine groups is 1. The van der Waals surface area contributed by atoms with Gasteiger partial charge in [-0.3, -0.25) is 9.89 Å². The minimum atomic E-state index is -4.29. The summed E-state index contributed by atoms with van der Waals surface area (Å²) < 4.78 is 40.9. The van der Waals surface area contributed by atoms with Crippen LogP contribution in [0.2, 0.25) is 0 Å². The molecule has 1 aromatic rings. The maximum atomic E-state index is 12.1. The minimum absolute atomic E-state index is 0. The molecule has 2 N–H and O–H groups in total. The number of rotatable bonds is 10. The van der Waals surface area contributed by atoms with Gasteiger partial charge in [-0.2, -0.15) is 13.2 Å². The van der Waals surface area contributed by atoms with Gasteiger partial charge in [-0.05, 0) is 30.5 Å². The van der Waals surface area contributed by atoms with Gasteiger partial charge in [0.05, 0.1) is 6.61 Å². The van der Waals surface area contributed by atoms with E-state index < -0.39 is 12.8 Å². The highest BCUT2D eigenvalue weighted by atomic mass is 127. The summed E-state index contributed by atoms with van der Waals surface area (Å²) in [5.74, 6) is 0.736. The number of nitrogens with one attached hydrogen (secondary N) is 2. The van der Waals surface area contributed by atoms with Crippen molar-refractivity contribution in [3.05, 3.63) is 35.4 Å². The van der Waals surface area contributed by atoms with Gasteiger partial charge in [0, 0.05) is 32.7 Å². The van der Waals surface area contributed by atoms with Gasteiger partial charge in [0.1, 0.15) is 6.61 Å². The molecule has 1 aromatic carbocycles. The maximum Gasteiger partial charge on any atom is 0.411 e. The van der Waals surface area contributed by atoms with Crippen molar-refractivity contribution < 1.29 is 17.9 Å². The molecular weight excluding hydrogens is 484 g/mol. The number of benzene rings is 1. The van der Waals surface area contributed by atoms with E-state index in [0.717, 1.165) is 37.2 Å². The summed E-state index contributed by atoms with van der Waals surface area (Å²) >= 11 is 0. The molecule has 2 rings (SSSR count). The Morgan fingerprint density at radius 1 is 1.18 bits per heavy atom. The molecule has 0 unspecified atom stereocenters. The van der Waals surface area contributed by atoms with Crippen LogP contribution in [0.1, 0.15) is 30.9 Å². The van der Waals surface area contributed by atoms with E-state index in [2.05, 4.69) is 32.2 Å². The topological polar surface area (TPSA) is 48.9 Å². The molecule has 0 radical (unpaired) electrons. The number of hydrogen-bond donors (Lipinski definition) is 2. The highest BCUT2D eigenvalue weighted by molar-refractivity contribution is 14.0. The van der Waals surface area contributed by atoms with Crippen LogP contribution in [0.3, 0.4) is 0 Å². The minimum Gasteiger partial charge on any atom is -0.367 e. The first-order valence-corrected chi connectivity index (χ1v) is 9.32. The molecule has 1 fully saturated rings. The molecule has 0 spiro atoms. The van der Waals surface area contributed by atoms with Gasteiger partial charge in [0.2, 0.25) is 0 Å². The predicted molar refractivity (Wildman–Crippen MR) is 116 cm³/mol. The SMILES string of the molecule is CCN(CCNC(=NC)NCc1ccc(COCC(F)(F)F)cc1)C1CC1.I. The van der Waals surface area contributed by atoms with E-state index in [0.29, 0.717) is 12.1 Å². The van der Waals surface area contributed by atoms with Crippen molar-refractivity contribution in [2.24, 2.45) is 4.99 Å². The summed E-state index contributed by atoms with van der Waals surface area (Å²) in [4.78, 5) is 6.69. The molecule has 0 saturated heterocycles. The Morgan fingerprint density at radius 2 is 1.82 bits per heavy atom. The monoisotopic (exact) mass is 514 g/mol. The van der Waals surface area contributed by atoms with Crippen molar-refractivity contribution in [1.82, 2.24) is 15.5 Å². The van der Waals surface area contributed by atoms with Crippen molar-refractivity contribution in [3.63, 3.8) is 0 Å². The number of halogens is 4. The fourth-order valence-electron chi connectivity index (χ4n) is 2.80. The molecule has 5 nitrogen and oxygen atoms in total. The Hall–Kier alpha value is -1.07. The molecule has 28 heavy (non-hydrogen) atoms. The number of ether oxygens (including phenoxy) is 1. The number of alkyl halides is 3. The average Bonchev–Trinajstić information content (AvgIpc) is 3.46. The zero-order chi connectivity index (χ0) is 19.7. The molecule has 0 aliphatic heterocycles. The number of nitrogens with zero attached hydrogens (tertiary/aromatic N) is 2. The molecule has 0 heterocycles. The van der Waals surface area contributed by atoms with Crippen molar-refractivity contribution >= 4 is 29.9 Å². The summed E-state index contributed by atoms with van der Waals surface area (Å²) in [6.45, 7) is 4.39. The molecule has 0 amide bonds. The van der Waals surface area contributed by atoms with Crippen LogP contribution >= 0.6 is 24.0 Å². The standard InChI is InChI=1S/C19H29F3N4O.HI/c1-3-26(17-8-9-17)11-10-24-18(23-2)25-12-15-4-6-16(7-5-15)13-27-14-19(20,21)22;/h4-7,17H,3,8-14H2,1-2H3,(H2,23,24,25);1H. The molecule has 0 bridgehead atoms. The van der Waals surface area contributed by atoms with Crippen molar-refractivity contribution in [2.75, 3.05) is 33.3 Å².